The summed E-state index contributed by atoms with van der Waals surface area (Å²) in [6.45, 7) is 0.790. The molecule has 2 heterocycles. The summed E-state index contributed by atoms with van der Waals surface area (Å²) in [6.07, 6.45) is 7.89. The van der Waals surface area contributed by atoms with E-state index in [1.807, 2.05) is 11.0 Å². The van der Waals surface area contributed by atoms with E-state index in [0.717, 1.165) is 19.4 Å². The van der Waals surface area contributed by atoms with Crippen LogP contribution in [-0.2, 0) is 21.5 Å². The van der Waals surface area contributed by atoms with Crippen LogP contribution in [0, 0.1) is 0 Å². The van der Waals surface area contributed by atoms with Crippen molar-refractivity contribution in [3.8, 4) is 0 Å². The first kappa shape index (κ1) is 11.9. The summed E-state index contributed by atoms with van der Waals surface area (Å²) in [5.74, 6) is 0.135. The number of nitrogens with zero attached hydrogens (tertiary/aromatic N) is 1. The maximum atomic E-state index is 12.3. The summed E-state index contributed by atoms with van der Waals surface area (Å²) in [5.41, 5.74) is 3.43. The molecule has 1 amide bonds. The van der Waals surface area contributed by atoms with Gasteiger partial charge >= 0.3 is 0 Å². The topological polar surface area (TPSA) is 29.5 Å². The van der Waals surface area contributed by atoms with Gasteiger partial charge in [-0.3, -0.25) is 4.79 Å². The van der Waals surface area contributed by atoms with Gasteiger partial charge in [-0.05, 0) is 23.1 Å². The molecule has 0 saturated carbocycles. The second-order valence-corrected chi connectivity index (χ2v) is 5.67. The third kappa shape index (κ3) is 1.36. The van der Waals surface area contributed by atoms with E-state index in [2.05, 4.69) is 36.4 Å². The Kier molecular flexibility index (Phi) is 2.42. The Hall–Kier alpha value is -1.87. The lowest BCUT2D eigenvalue weighted by molar-refractivity contribution is -0.128. The zero-order chi connectivity index (χ0) is 13.7. The number of rotatable bonds is 1. The first-order valence-corrected chi connectivity index (χ1v) is 7.09. The molecule has 1 spiro atoms. The highest BCUT2D eigenvalue weighted by Crippen LogP contribution is 2.49. The molecular weight excluding hydrogens is 250 g/mol. The molecule has 0 fully saturated rings. The smallest absolute Gasteiger partial charge is 0.247 e. The molecule has 1 aromatic carbocycles. The lowest BCUT2D eigenvalue weighted by Gasteiger charge is -2.46. The van der Waals surface area contributed by atoms with Crippen LogP contribution in [-0.4, -0.2) is 30.6 Å². The first-order chi connectivity index (χ1) is 9.75. The van der Waals surface area contributed by atoms with Crippen LogP contribution in [0.3, 0.4) is 0 Å². The van der Waals surface area contributed by atoms with Crippen molar-refractivity contribution in [3.05, 3.63) is 59.2 Å². The number of carbonyl (C=O) groups excluding carboxylic acids is 1. The summed E-state index contributed by atoms with van der Waals surface area (Å²) in [6, 6.07) is 8.48. The van der Waals surface area contributed by atoms with Crippen molar-refractivity contribution in [3.63, 3.8) is 0 Å². The maximum absolute atomic E-state index is 12.3. The molecule has 2 atom stereocenters. The predicted octanol–water partition coefficient (Wildman–Crippen LogP) is 2.18. The van der Waals surface area contributed by atoms with Gasteiger partial charge in [0, 0.05) is 26.2 Å². The SMILES string of the molecule is CO[C@H]1C=C[C@@]23C(=CC(=O)N2CCc2ccccc23)C1. The highest BCUT2D eigenvalue weighted by Gasteiger charge is 2.51. The van der Waals surface area contributed by atoms with Crippen LogP contribution < -0.4 is 0 Å². The van der Waals surface area contributed by atoms with Gasteiger partial charge in [-0.25, -0.2) is 0 Å². The van der Waals surface area contributed by atoms with Gasteiger partial charge in [-0.15, -0.1) is 0 Å². The molecule has 0 saturated heterocycles. The highest BCUT2D eigenvalue weighted by atomic mass is 16.5. The normalized spacial score (nSPS) is 30.6. The second kappa shape index (κ2) is 4.06. The average Bonchev–Trinajstić information content (AvgIpc) is 2.79. The molecular formula is C17H17NO2. The van der Waals surface area contributed by atoms with E-state index in [4.69, 9.17) is 4.74 Å². The van der Waals surface area contributed by atoms with Gasteiger partial charge in [0.05, 0.1) is 6.10 Å². The number of benzene rings is 1. The molecule has 4 rings (SSSR count). The van der Waals surface area contributed by atoms with Crippen LogP contribution >= 0.6 is 0 Å². The molecule has 0 radical (unpaired) electrons. The summed E-state index contributed by atoms with van der Waals surface area (Å²) in [7, 11) is 1.72. The second-order valence-electron chi connectivity index (χ2n) is 5.67. The molecule has 1 aromatic rings. The molecule has 3 nitrogen and oxygen atoms in total. The third-order valence-corrected chi connectivity index (χ3v) is 4.79. The van der Waals surface area contributed by atoms with E-state index >= 15 is 0 Å². The zero-order valence-corrected chi connectivity index (χ0v) is 11.5. The molecule has 20 heavy (non-hydrogen) atoms. The molecule has 2 aliphatic heterocycles. The number of methoxy groups -OCH3 is 1. The Morgan fingerprint density at radius 1 is 1.35 bits per heavy atom. The van der Waals surface area contributed by atoms with E-state index in [9.17, 15) is 4.79 Å². The fraction of sp³-hybridized carbons (Fsp3) is 0.353. The van der Waals surface area contributed by atoms with Crippen LogP contribution in [0.2, 0.25) is 0 Å². The van der Waals surface area contributed by atoms with E-state index in [1.54, 1.807) is 7.11 Å². The molecule has 0 bridgehead atoms. The molecule has 3 heteroatoms. The van der Waals surface area contributed by atoms with Crippen LogP contribution in [0.4, 0.5) is 0 Å². The van der Waals surface area contributed by atoms with Crippen molar-refractivity contribution in [2.45, 2.75) is 24.5 Å². The van der Waals surface area contributed by atoms with Crippen molar-refractivity contribution < 1.29 is 9.53 Å². The number of fused-ring (bicyclic) bond motifs is 1. The average molecular weight is 267 g/mol. The Morgan fingerprint density at radius 3 is 3.05 bits per heavy atom. The Bertz CT molecular complexity index is 646. The fourth-order valence-electron chi connectivity index (χ4n) is 3.83. The summed E-state index contributed by atoms with van der Waals surface area (Å²) in [5, 5.41) is 0. The monoisotopic (exact) mass is 267 g/mol. The number of hydrogen-bond acceptors (Lipinski definition) is 2. The first-order valence-electron chi connectivity index (χ1n) is 7.09. The molecule has 3 aliphatic rings. The van der Waals surface area contributed by atoms with Crippen molar-refractivity contribution >= 4 is 5.91 Å². The minimum absolute atomic E-state index is 0.0775. The van der Waals surface area contributed by atoms with Crippen molar-refractivity contribution in [1.82, 2.24) is 4.90 Å². The van der Waals surface area contributed by atoms with E-state index < -0.39 is 0 Å². The fourth-order valence-corrected chi connectivity index (χ4v) is 3.83. The van der Waals surface area contributed by atoms with E-state index in [0.29, 0.717) is 0 Å². The molecule has 1 aliphatic carbocycles. The highest BCUT2D eigenvalue weighted by molar-refractivity contribution is 5.94. The van der Waals surface area contributed by atoms with Gasteiger partial charge in [-0.1, -0.05) is 36.4 Å². The van der Waals surface area contributed by atoms with Crippen molar-refractivity contribution in [1.29, 1.82) is 0 Å². The van der Waals surface area contributed by atoms with Gasteiger partial charge in [0.1, 0.15) is 5.54 Å². The van der Waals surface area contributed by atoms with Crippen LogP contribution in [0.5, 0.6) is 0 Å². The molecule has 0 aromatic heterocycles. The zero-order valence-electron chi connectivity index (χ0n) is 11.5. The van der Waals surface area contributed by atoms with Crippen molar-refractivity contribution in [2.24, 2.45) is 0 Å². The number of hydrogen-bond donors (Lipinski definition) is 0. The van der Waals surface area contributed by atoms with Gasteiger partial charge in [0.15, 0.2) is 0 Å². The number of ether oxygens (including phenoxy) is 1. The Labute approximate surface area is 118 Å². The standard InChI is InChI=1S/C17H17NO2/c1-20-14-6-8-17-13(10-14)11-16(19)18(17)9-7-12-4-2-3-5-15(12)17/h2-6,8,11,14H,7,9-10H2,1H3/t14-,17-/m0/s1. The number of amides is 1. The lowest BCUT2D eigenvalue weighted by atomic mass is 9.73. The van der Waals surface area contributed by atoms with E-state index in [-0.39, 0.29) is 17.6 Å². The van der Waals surface area contributed by atoms with Gasteiger partial charge in [-0.2, -0.15) is 0 Å². The molecule has 0 N–H and O–H groups in total. The summed E-state index contributed by atoms with van der Waals surface area (Å²) >= 11 is 0. The maximum Gasteiger partial charge on any atom is 0.247 e. The predicted molar refractivity (Wildman–Crippen MR) is 76.2 cm³/mol. The number of carbonyl (C=O) groups is 1. The van der Waals surface area contributed by atoms with Gasteiger partial charge in [0.2, 0.25) is 5.91 Å². The van der Waals surface area contributed by atoms with Crippen LogP contribution in [0.15, 0.2) is 48.1 Å². The molecule has 102 valence electrons. The minimum atomic E-state index is -0.346. The molecule has 0 unspecified atom stereocenters. The summed E-state index contributed by atoms with van der Waals surface area (Å²) < 4.78 is 5.44. The largest absolute Gasteiger partial charge is 0.377 e. The van der Waals surface area contributed by atoms with Crippen molar-refractivity contribution in [2.75, 3.05) is 13.7 Å². The van der Waals surface area contributed by atoms with Gasteiger partial charge in [0.25, 0.3) is 0 Å². The Balaban J connectivity index is 1.95. The van der Waals surface area contributed by atoms with E-state index in [1.165, 1.54) is 16.7 Å². The summed E-state index contributed by atoms with van der Waals surface area (Å²) in [4.78, 5) is 14.4. The quantitative estimate of drug-likeness (QED) is 0.730. The lowest BCUT2D eigenvalue weighted by Crippen LogP contribution is -2.50. The third-order valence-electron chi connectivity index (χ3n) is 4.79. The Morgan fingerprint density at radius 2 is 2.20 bits per heavy atom. The van der Waals surface area contributed by atoms with Gasteiger partial charge < -0.3 is 9.64 Å². The van der Waals surface area contributed by atoms with Crippen LogP contribution in [0.1, 0.15) is 17.5 Å². The minimum Gasteiger partial charge on any atom is -0.377 e. The van der Waals surface area contributed by atoms with Crippen LogP contribution in [0.25, 0.3) is 0 Å².